The lowest BCUT2D eigenvalue weighted by atomic mass is 10.00. The first kappa shape index (κ1) is 19.5. The van der Waals surface area contributed by atoms with Crippen molar-refractivity contribution in [1.82, 2.24) is 4.98 Å². The Morgan fingerprint density at radius 3 is 2.17 bits per heavy atom. The molecule has 0 aliphatic rings. The number of pyridine rings is 1. The number of fused-ring (bicyclic) bond motifs is 1. The molecule has 3 aromatic carbocycles. The van der Waals surface area contributed by atoms with Crippen molar-refractivity contribution in [3.63, 3.8) is 0 Å². The number of aromatic carboxylic acids is 1. The zero-order valence-corrected chi connectivity index (χ0v) is 17.3. The molecule has 0 aliphatic carbocycles. The van der Waals surface area contributed by atoms with Crippen LogP contribution in [0.25, 0.3) is 33.3 Å². The average Bonchev–Trinajstić information content (AvgIpc) is 2.74. The predicted molar refractivity (Wildman–Crippen MR) is 118 cm³/mol. The van der Waals surface area contributed by atoms with Gasteiger partial charge >= 0.3 is 5.97 Å². The highest BCUT2D eigenvalue weighted by atomic mass is 127. The van der Waals surface area contributed by atoms with Gasteiger partial charge in [0.1, 0.15) is 28.8 Å². The third-order valence-electron chi connectivity index (χ3n) is 4.69. The van der Waals surface area contributed by atoms with Gasteiger partial charge in [0.2, 0.25) is 0 Å². The Morgan fingerprint density at radius 2 is 1.55 bits per heavy atom. The van der Waals surface area contributed by atoms with Gasteiger partial charge in [0.05, 0.1) is 23.4 Å². The molecule has 1 aromatic heterocycles. The maximum absolute atomic E-state index is 13.5. The van der Waals surface area contributed by atoms with Gasteiger partial charge in [-0.05, 0) is 41.0 Å². The average molecular weight is 499 g/mol. The monoisotopic (exact) mass is 499 g/mol. The number of carbonyl (C=O) groups is 1. The van der Waals surface area contributed by atoms with Crippen molar-refractivity contribution in [3.05, 3.63) is 89.7 Å². The van der Waals surface area contributed by atoms with Crippen LogP contribution in [0.5, 0.6) is 0 Å². The summed E-state index contributed by atoms with van der Waals surface area (Å²) in [6, 6.07) is 21.3. The zero-order valence-electron chi connectivity index (χ0n) is 15.1. The molecule has 4 aromatic rings. The smallest absolute Gasteiger partial charge is 0.336 e. The van der Waals surface area contributed by atoms with Gasteiger partial charge in [-0.2, -0.15) is 0 Å². The van der Waals surface area contributed by atoms with Crippen molar-refractivity contribution in [2.45, 2.75) is 6.61 Å². The van der Waals surface area contributed by atoms with E-state index in [1.165, 1.54) is 24.3 Å². The van der Waals surface area contributed by atoms with Crippen molar-refractivity contribution in [3.8, 4) is 22.4 Å². The molecule has 0 radical (unpaired) electrons. The SMILES string of the molecule is O=C(O)c1cc(-c2ccc(-c3ccc(COI)cc3)cc2)nc2ccc(F)cc12. The largest absolute Gasteiger partial charge is 0.478 e. The summed E-state index contributed by atoms with van der Waals surface area (Å²) in [5.41, 5.74) is 5.00. The van der Waals surface area contributed by atoms with Gasteiger partial charge < -0.3 is 8.17 Å². The summed E-state index contributed by atoms with van der Waals surface area (Å²) in [7, 11) is 0. The Labute approximate surface area is 180 Å². The number of nitrogens with zero attached hydrogens (tertiary/aromatic N) is 1. The zero-order chi connectivity index (χ0) is 20.4. The van der Waals surface area contributed by atoms with Gasteiger partial charge in [-0.15, -0.1) is 0 Å². The quantitative estimate of drug-likeness (QED) is 0.329. The number of rotatable bonds is 5. The van der Waals surface area contributed by atoms with Crippen LogP contribution < -0.4 is 0 Å². The van der Waals surface area contributed by atoms with E-state index in [9.17, 15) is 14.3 Å². The summed E-state index contributed by atoms with van der Waals surface area (Å²) in [6.07, 6.45) is 0. The summed E-state index contributed by atoms with van der Waals surface area (Å²) >= 11 is 1.87. The molecule has 0 amide bonds. The van der Waals surface area contributed by atoms with E-state index < -0.39 is 11.8 Å². The number of carboxylic acids is 1. The molecule has 6 heteroatoms. The lowest BCUT2D eigenvalue weighted by Gasteiger charge is -2.09. The van der Waals surface area contributed by atoms with E-state index >= 15 is 0 Å². The third-order valence-corrected chi connectivity index (χ3v) is 5.00. The number of halogens is 2. The second-order valence-corrected chi connectivity index (χ2v) is 7.17. The summed E-state index contributed by atoms with van der Waals surface area (Å²) in [4.78, 5) is 16.2. The van der Waals surface area contributed by atoms with E-state index in [1.54, 1.807) is 0 Å². The highest BCUT2D eigenvalue weighted by Crippen LogP contribution is 2.28. The van der Waals surface area contributed by atoms with Crippen molar-refractivity contribution in [2.75, 3.05) is 0 Å². The molecule has 0 fully saturated rings. The van der Waals surface area contributed by atoms with Crippen molar-refractivity contribution in [2.24, 2.45) is 0 Å². The first-order valence-electron chi connectivity index (χ1n) is 8.82. The highest BCUT2D eigenvalue weighted by Gasteiger charge is 2.14. The molecule has 0 atom stereocenters. The Morgan fingerprint density at radius 1 is 0.931 bits per heavy atom. The van der Waals surface area contributed by atoms with Crippen LogP contribution in [0, 0.1) is 5.82 Å². The van der Waals surface area contributed by atoms with Crippen molar-refractivity contribution < 1.29 is 17.4 Å². The normalized spacial score (nSPS) is 11.0. The van der Waals surface area contributed by atoms with Gasteiger partial charge in [0.15, 0.2) is 0 Å². The molecule has 144 valence electrons. The minimum atomic E-state index is -1.11. The van der Waals surface area contributed by atoms with Crippen LogP contribution in [0.4, 0.5) is 4.39 Å². The first-order chi connectivity index (χ1) is 14.0. The molecule has 4 nitrogen and oxygen atoms in total. The van der Waals surface area contributed by atoms with Crippen LogP contribution in [0.2, 0.25) is 0 Å². The van der Waals surface area contributed by atoms with E-state index in [2.05, 4.69) is 4.98 Å². The lowest BCUT2D eigenvalue weighted by molar-refractivity contribution is 0.0699. The summed E-state index contributed by atoms with van der Waals surface area (Å²) in [6.45, 7) is 0.559. The molecule has 0 bridgehead atoms. The highest BCUT2D eigenvalue weighted by molar-refractivity contribution is 14.1. The molecule has 0 saturated heterocycles. The van der Waals surface area contributed by atoms with Crippen LogP contribution in [0.15, 0.2) is 72.8 Å². The Kier molecular flexibility index (Phi) is 5.55. The molecular weight excluding hydrogens is 484 g/mol. The number of aromatic nitrogens is 1. The maximum Gasteiger partial charge on any atom is 0.336 e. The van der Waals surface area contributed by atoms with Gasteiger partial charge in [0, 0.05) is 10.9 Å². The van der Waals surface area contributed by atoms with E-state index in [1.807, 2.05) is 71.5 Å². The Hall–Kier alpha value is -2.84. The number of benzene rings is 3. The molecule has 0 saturated carbocycles. The number of carboxylic acid groups (broad SMARTS) is 1. The fraction of sp³-hybridized carbons (Fsp3) is 0.0435. The molecule has 0 unspecified atom stereocenters. The van der Waals surface area contributed by atoms with E-state index in [4.69, 9.17) is 3.07 Å². The van der Waals surface area contributed by atoms with Crippen LogP contribution >= 0.6 is 23.0 Å². The molecule has 29 heavy (non-hydrogen) atoms. The van der Waals surface area contributed by atoms with Gasteiger partial charge in [-0.3, -0.25) is 0 Å². The van der Waals surface area contributed by atoms with E-state index in [0.29, 0.717) is 17.8 Å². The first-order valence-corrected chi connectivity index (χ1v) is 9.70. The van der Waals surface area contributed by atoms with Gasteiger partial charge in [-0.25, -0.2) is 14.2 Å². The standard InChI is InChI=1S/C23H15FINO3/c24-18-9-10-21-19(11-18)20(23(27)28)12-22(26-21)17-7-5-16(6-8-17)15-3-1-14(2-4-15)13-29-25/h1-12H,13H2,(H,27,28). The minimum Gasteiger partial charge on any atom is -0.478 e. The topological polar surface area (TPSA) is 59.4 Å². The number of hydrogen-bond acceptors (Lipinski definition) is 3. The van der Waals surface area contributed by atoms with E-state index in [0.717, 1.165) is 22.3 Å². The molecule has 1 heterocycles. The fourth-order valence-electron chi connectivity index (χ4n) is 3.21. The lowest BCUT2D eigenvalue weighted by Crippen LogP contribution is -2.00. The Balaban J connectivity index is 1.71. The van der Waals surface area contributed by atoms with Crippen molar-refractivity contribution in [1.29, 1.82) is 0 Å². The van der Waals surface area contributed by atoms with Crippen LogP contribution in [-0.4, -0.2) is 16.1 Å². The predicted octanol–water partition coefficient (Wildman–Crippen LogP) is 6.27. The summed E-state index contributed by atoms with van der Waals surface area (Å²) in [5.74, 6) is -1.61. The number of hydrogen-bond donors (Lipinski definition) is 1. The summed E-state index contributed by atoms with van der Waals surface area (Å²) < 4.78 is 18.7. The second kappa shape index (κ2) is 8.26. The molecule has 1 N–H and O–H groups in total. The minimum absolute atomic E-state index is 0.0293. The maximum atomic E-state index is 13.5. The molecule has 0 spiro atoms. The Bertz CT molecular complexity index is 1190. The van der Waals surface area contributed by atoms with Gasteiger partial charge in [0.25, 0.3) is 0 Å². The third kappa shape index (κ3) is 4.13. The van der Waals surface area contributed by atoms with Crippen molar-refractivity contribution >= 4 is 39.9 Å². The molecule has 0 aliphatic heterocycles. The van der Waals surface area contributed by atoms with Crippen LogP contribution in [0.1, 0.15) is 15.9 Å². The summed E-state index contributed by atoms with van der Waals surface area (Å²) in [5, 5.41) is 9.82. The molecule has 4 rings (SSSR count). The van der Waals surface area contributed by atoms with E-state index in [-0.39, 0.29) is 10.9 Å². The second-order valence-electron chi connectivity index (χ2n) is 6.55. The van der Waals surface area contributed by atoms with Crippen LogP contribution in [-0.2, 0) is 9.67 Å². The molecular formula is C23H15FINO3. The fourth-order valence-corrected chi connectivity index (χ4v) is 3.57. The van der Waals surface area contributed by atoms with Gasteiger partial charge in [-0.1, -0.05) is 48.5 Å². The van der Waals surface area contributed by atoms with Crippen LogP contribution in [0.3, 0.4) is 0 Å².